The summed E-state index contributed by atoms with van der Waals surface area (Å²) in [5.41, 5.74) is 5.97. The van der Waals surface area contributed by atoms with Crippen LogP contribution in [0, 0.1) is 27.7 Å². The van der Waals surface area contributed by atoms with Gasteiger partial charge in [0.25, 0.3) is 0 Å². The summed E-state index contributed by atoms with van der Waals surface area (Å²) in [6, 6.07) is 11.3. The summed E-state index contributed by atoms with van der Waals surface area (Å²) in [6.07, 6.45) is 0. The molecule has 0 aliphatic rings. The fourth-order valence-electron chi connectivity index (χ4n) is 3.00. The summed E-state index contributed by atoms with van der Waals surface area (Å²) in [6.45, 7) is 9.92. The predicted octanol–water partition coefficient (Wildman–Crippen LogP) is 3.82. The lowest BCUT2D eigenvalue weighted by atomic mass is 10.1. The van der Waals surface area contributed by atoms with Crippen molar-refractivity contribution < 1.29 is 9.59 Å². The van der Waals surface area contributed by atoms with Crippen LogP contribution in [-0.4, -0.2) is 36.3 Å². The second kappa shape index (κ2) is 8.82. The molecule has 2 aromatic carbocycles. The molecule has 2 N–H and O–H groups in total. The molecule has 5 nitrogen and oxygen atoms in total. The van der Waals surface area contributed by atoms with Gasteiger partial charge in [-0.25, -0.2) is 0 Å². The maximum atomic E-state index is 12.5. The average Bonchev–Trinajstić information content (AvgIpc) is 2.59. The first-order chi connectivity index (χ1) is 12.7. The molecule has 27 heavy (non-hydrogen) atoms. The van der Waals surface area contributed by atoms with Crippen LogP contribution in [0.15, 0.2) is 36.4 Å². The van der Waals surface area contributed by atoms with Gasteiger partial charge in [0.2, 0.25) is 11.8 Å². The number of nitrogens with one attached hydrogen (secondary N) is 2. The molecular formula is C22H29N3O2. The molecule has 2 amide bonds. The molecule has 0 aliphatic carbocycles. The molecule has 2 rings (SSSR count). The molecule has 144 valence electrons. The van der Waals surface area contributed by atoms with Crippen molar-refractivity contribution in [3.8, 4) is 0 Å². The average molecular weight is 367 g/mol. The molecule has 1 atom stereocenters. The minimum Gasteiger partial charge on any atom is -0.325 e. The van der Waals surface area contributed by atoms with Crippen molar-refractivity contribution in [1.29, 1.82) is 0 Å². The second-order valence-electron chi connectivity index (χ2n) is 7.27. The predicted molar refractivity (Wildman–Crippen MR) is 111 cm³/mol. The summed E-state index contributed by atoms with van der Waals surface area (Å²) in [5.74, 6) is -0.278. The molecule has 0 aromatic heterocycles. The third-order valence-corrected chi connectivity index (χ3v) is 4.69. The van der Waals surface area contributed by atoms with E-state index in [4.69, 9.17) is 0 Å². The van der Waals surface area contributed by atoms with Crippen molar-refractivity contribution in [2.24, 2.45) is 0 Å². The Kier molecular flexibility index (Phi) is 6.75. The summed E-state index contributed by atoms with van der Waals surface area (Å²) in [7, 11) is 1.77. The van der Waals surface area contributed by atoms with Gasteiger partial charge in [0, 0.05) is 11.4 Å². The number of hydrogen-bond donors (Lipinski definition) is 2. The van der Waals surface area contributed by atoms with Crippen LogP contribution in [0.3, 0.4) is 0 Å². The van der Waals surface area contributed by atoms with E-state index in [0.717, 1.165) is 28.1 Å². The first kappa shape index (κ1) is 20.6. The number of hydrogen-bond acceptors (Lipinski definition) is 3. The maximum Gasteiger partial charge on any atom is 0.241 e. The fourth-order valence-corrected chi connectivity index (χ4v) is 3.00. The van der Waals surface area contributed by atoms with E-state index < -0.39 is 6.04 Å². The standard InChI is InChI=1S/C22H29N3O2/c1-14-7-9-19(10-8-14)23-22(27)18(5)25(6)13-20(26)24-21-16(3)11-15(2)12-17(21)4/h7-12,18H,13H2,1-6H3,(H,23,27)(H,24,26)/t18-/m0/s1. The van der Waals surface area contributed by atoms with E-state index in [1.54, 1.807) is 18.9 Å². The monoisotopic (exact) mass is 367 g/mol. The molecule has 0 heterocycles. The zero-order valence-electron chi connectivity index (χ0n) is 17.0. The van der Waals surface area contributed by atoms with E-state index in [2.05, 4.69) is 10.6 Å². The van der Waals surface area contributed by atoms with Gasteiger partial charge in [-0.1, -0.05) is 35.4 Å². The molecule has 0 saturated heterocycles. The van der Waals surface area contributed by atoms with Crippen molar-refractivity contribution in [2.45, 2.75) is 40.7 Å². The zero-order chi connectivity index (χ0) is 20.1. The number of likely N-dealkylation sites (N-methyl/N-ethyl adjacent to an activating group) is 1. The van der Waals surface area contributed by atoms with Crippen molar-refractivity contribution in [3.63, 3.8) is 0 Å². The largest absolute Gasteiger partial charge is 0.325 e. The van der Waals surface area contributed by atoms with Crippen molar-refractivity contribution in [1.82, 2.24) is 4.90 Å². The lowest BCUT2D eigenvalue weighted by Crippen LogP contribution is -2.43. The van der Waals surface area contributed by atoms with Gasteiger partial charge in [0.15, 0.2) is 0 Å². The van der Waals surface area contributed by atoms with Crippen LogP contribution in [0.4, 0.5) is 11.4 Å². The molecule has 0 aliphatic heterocycles. The Morgan fingerprint density at radius 2 is 1.48 bits per heavy atom. The van der Waals surface area contributed by atoms with Crippen LogP contribution >= 0.6 is 0 Å². The highest BCUT2D eigenvalue weighted by atomic mass is 16.2. The second-order valence-corrected chi connectivity index (χ2v) is 7.27. The lowest BCUT2D eigenvalue weighted by molar-refractivity contribution is -0.122. The molecule has 0 radical (unpaired) electrons. The van der Waals surface area contributed by atoms with Crippen LogP contribution in [0.5, 0.6) is 0 Å². The van der Waals surface area contributed by atoms with Gasteiger partial charge in [-0.3, -0.25) is 14.5 Å². The first-order valence-corrected chi connectivity index (χ1v) is 9.13. The Bertz CT molecular complexity index is 805. The Balaban J connectivity index is 1.95. The van der Waals surface area contributed by atoms with Crippen molar-refractivity contribution in [3.05, 3.63) is 58.7 Å². The number of aryl methyl sites for hydroxylation is 4. The minimum absolute atomic E-state index is 0.134. The highest BCUT2D eigenvalue weighted by Crippen LogP contribution is 2.21. The number of nitrogens with zero attached hydrogens (tertiary/aromatic N) is 1. The van der Waals surface area contributed by atoms with Gasteiger partial charge < -0.3 is 10.6 Å². The molecule has 5 heteroatoms. The number of rotatable bonds is 6. The third-order valence-electron chi connectivity index (χ3n) is 4.69. The molecule has 0 spiro atoms. The van der Waals surface area contributed by atoms with Gasteiger partial charge in [0.05, 0.1) is 12.6 Å². The van der Waals surface area contributed by atoms with E-state index in [-0.39, 0.29) is 18.4 Å². The highest BCUT2D eigenvalue weighted by molar-refractivity contribution is 5.96. The highest BCUT2D eigenvalue weighted by Gasteiger charge is 2.20. The molecule has 0 saturated carbocycles. The van der Waals surface area contributed by atoms with Crippen LogP contribution in [0.25, 0.3) is 0 Å². The summed E-state index contributed by atoms with van der Waals surface area (Å²) in [4.78, 5) is 26.6. The van der Waals surface area contributed by atoms with Gasteiger partial charge >= 0.3 is 0 Å². The Labute approximate surface area is 161 Å². The van der Waals surface area contributed by atoms with Crippen LogP contribution in [-0.2, 0) is 9.59 Å². The Morgan fingerprint density at radius 1 is 0.926 bits per heavy atom. The van der Waals surface area contributed by atoms with Gasteiger partial charge in [-0.05, 0) is 64.9 Å². The van der Waals surface area contributed by atoms with Crippen LogP contribution < -0.4 is 10.6 Å². The first-order valence-electron chi connectivity index (χ1n) is 9.13. The van der Waals surface area contributed by atoms with Crippen molar-refractivity contribution in [2.75, 3.05) is 24.2 Å². The lowest BCUT2D eigenvalue weighted by Gasteiger charge is -2.24. The normalized spacial score (nSPS) is 12.0. The van der Waals surface area contributed by atoms with Gasteiger partial charge in [-0.2, -0.15) is 0 Å². The Morgan fingerprint density at radius 3 is 2.04 bits per heavy atom. The topological polar surface area (TPSA) is 61.4 Å². The number of carbonyl (C=O) groups is 2. The quantitative estimate of drug-likeness (QED) is 0.816. The minimum atomic E-state index is -0.433. The van der Waals surface area contributed by atoms with Crippen molar-refractivity contribution >= 4 is 23.2 Å². The third kappa shape index (κ3) is 5.66. The number of carbonyl (C=O) groups excluding carboxylic acids is 2. The van der Waals surface area contributed by atoms with E-state index in [1.165, 1.54) is 5.56 Å². The van der Waals surface area contributed by atoms with Crippen LogP contribution in [0.1, 0.15) is 29.2 Å². The smallest absolute Gasteiger partial charge is 0.241 e. The van der Waals surface area contributed by atoms with Crippen LogP contribution in [0.2, 0.25) is 0 Å². The number of anilines is 2. The van der Waals surface area contributed by atoms with E-state index in [0.29, 0.717) is 0 Å². The Hall–Kier alpha value is -2.66. The summed E-state index contributed by atoms with van der Waals surface area (Å²) in [5, 5.41) is 5.86. The molecule has 0 unspecified atom stereocenters. The summed E-state index contributed by atoms with van der Waals surface area (Å²) >= 11 is 0. The van der Waals surface area contributed by atoms with E-state index in [9.17, 15) is 9.59 Å². The summed E-state index contributed by atoms with van der Waals surface area (Å²) < 4.78 is 0. The van der Waals surface area contributed by atoms with Gasteiger partial charge in [0.1, 0.15) is 0 Å². The van der Waals surface area contributed by atoms with E-state index >= 15 is 0 Å². The van der Waals surface area contributed by atoms with E-state index in [1.807, 2.05) is 64.1 Å². The molecular weight excluding hydrogens is 338 g/mol. The maximum absolute atomic E-state index is 12.5. The number of benzene rings is 2. The molecule has 2 aromatic rings. The molecule has 0 bridgehead atoms. The van der Waals surface area contributed by atoms with Gasteiger partial charge in [-0.15, -0.1) is 0 Å². The SMILES string of the molecule is Cc1ccc(NC(=O)[C@H](C)N(C)CC(=O)Nc2c(C)cc(C)cc2C)cc1. The number of amides is 2. The zero-order valence-corrected chi connectivity index (χ0v) is 17.0. The fraction of sp³-hybridized carbons (Fsp3) is 0.364. The molecule has 0 fully saturated rings.